The van der Waals surface area contributed by atoms with Crippen molar-refractivity contribution in [3.63, 3.8) is 0 Å². The van der Waals surface area contributed by atoms with Gasteiger partial charge >= 0.3 is 5.97 Å². The fourth-order valence-electron chi connectivity index (χ4n) is 6.04. The van der Waals surface area contributed by atoms with E-state index in [1.807, 2.05) is 32.2 Å². The second kappa shape index (κ2) is 8.71. The zero-order chi connectivity index (χ0) is 25.0. The summed E-state index contributed by atoms with van der Waals surface area (Å²) in [6.07, 6.45) is 3.82. The van der Waals surface area contributed by atoms with Gasteiger partial charge in [0, 0.05) is 30.2 Å². The van der Waals surface area contributed by atoms with Crippen molar-refractivity contribution in [1.82, 2.24) is 14.5 Å². The van der Waals surface area contributed by atoms with Crippen LogP contribution in [0.25, 0.3) is 22.3 Å². The first kappa shape index (κ1) is 23.2. The molecule has 36 heavy (non-hydrogen) atoms. The number of hydrogen-bond acceptors (Lipinski definition) is 7. The average Bonchev–Trinajstić information content (AvgIpc) is 3.20. The molecule has 0 saturated carbocycles. The lowest BCUT2D eigenvalue weighted by Gasteiger charge is -2.28. The third-order valence-electron chi connectivity index (χ3n) is 8.18. The fourth-order valence-corrected chi connectivity index (χ4v) is 6.04. The molecule has 1 atom stereocenters. The number of nitrogens with zero attached hydrogens (tertiary/aromatic N) is 3. The first-order valence-electron chi connectivity index (χ1n) is 12.9. The molecule has 0 spiro atoms. The molecule has 3 aromatic rings. The minimum atomic E-state index is -1.43. The number of benzene rings is 1. The van der Waals surface area contributed by atoms with Crippen LogP contribution in [0.2, 0.25) is 0 Å². The first-order chi connectivity index (χ1) is 17.4. The van der Waals surface area contributed by atoms with Crippen molar-refractivity contribution in [2.45, 2.75) is 64.3 Å². The van der Waals surface area contributed by atoms with Gasteiger partial charge in [-0.1, -0.05) is 13.3 Å². The number of hydrogen-bond donors (Lipinski definition) is 2. The lowest BCUT2D eigenvalue weighted by Crippen LogP contribution is -2.32. The summed E-state index contributed by atoms with van der Waals surface area (Å²) in [7, 11) is 1.91. The van der Waals surface area contributed by atoms with E-state index in [4.69, 9.17) is 9.72 Å². The van der Waals surface area contributed by atoms with E-state index in [1.165, 1.54) is 24.8 Å². The maximum absolute atomic E-state index is 13.7. The highest BCUT2D eigenvalue weighted by molar-refractivity contribution is 5.90. The number of aromatic nitrogens is 2. The molecule has 0 aliphatic carbocycles. The van der Waals surface area contributed by atoms with Gasteiger partial charge in [-0.15, -0.1) is 0 Å². The quantitative estimate of drug-likeness (QED) is 0.425. The van der Waals surface area contributed by atoms with Gasteiger partial charge in [0.1, 0.15) is 12.2 Å². The number of rotatable bonds is 4. The molecule has 0 amide bonds. The van der Waals surface area contributed by atoms with Crippen molar-refractivity contribution in [3.05, 3.63) is 56.9 Å². The van der Waals surface area contributed by atoms with Crippen molar-refractivity contribution >= 4 is 22.6 Å². The number of carbonyl (C=O) groups excluding carboxylic acids is 1. The molecule has 8 heteroatoms. The van der Waals surface area contributed by atoms with E-state index in [9.17, 15) is 14.7 Å². The number of nitrogens with one attached hydrogen (secondary N) is 1. The summed E-state index contributed by atoms with van der Waals surface area (Å²) in [5.41, 5.74) is 4.89. The van der Waals surface area contributed by atoms with Crippen LogP contribution in [0.1, 0.15) is 61.3 Å². The van der Waals surface area contributed by atoms with Crippen molar-refractivity contribution in [2.24, 2.45) is 0 Å². The molecule has 188 valence electrons. The van der Waals surface area contributed by atoms with Gasteiger partial charge in [-0.2, -0.15) is 0 Å². The van der Waals surface area contributed by atoms with Gasteiger partial charge < -0.3 is 19.7 Å². The predicted molar refractivity (Wildman–Crippen MR) is 138 cm³/mol. The summed E-state index contributed by atoms with van der Waals surface area (Å²) in [4.78, 5) is 33.5. The monoisotopic (exact) mass is 488 g/mol. The Morgan fingerprint density at radius 2 is 1.94 bits per heavy atom. The van der Waals surface area contributed by atoms with E-state index in [-0.39, 0.29) is 18.6 Å². The highest BCUT2D eigenvalue weighted by atomic mass is 16.5. The van der Waals surface area contributed by atoms with E-state index >= 15 is 0 Å². The SMILES string of the molecule is CC[C@@]1(O)CC(=O)OCc2c1cc1n(c2=O)Cc2c-1nc1ccc(NC)cc1c2CN1CCCCC1. The third kappa shape index (κ3) is 3.62. The summed E-state index contributed by atoms with van der Waals surface area (Å²) in [5.74, 6) is -0.492. The van der Waals surface area contributed by atoms with Crippen LogP contribution in [0.5, 0.6) is 0 Å². The smallest absolute Gasteiger partial charge is 0.309 e. The van der Waals surface area contributed by atoms with Gasteiger partial charge in [0.25, 0.3) is 5.56 Å². The topological polar surface area (TPSA) is 96.7 Å². The minimum Gasteiger partial charge on any atom is -0.460 e. The minimum absolute atomic E-state index is 0.118. The number of aliphatic hydroxyl groups is 1. The lowest BCUT2D eigenvalue weighted by atomic mass is 9.85. The lowest BCUT2D eigenvalue weighted by molar-refractivity contribution is -0.149. The van der Waals surface area contributed by atoms with Crippen molar-refractivity contribution < 1.29 is 14.6 Å². The Labute approximate surface area is 209 Å². The number of piperidine rings is 1. The highest BCUT2D eigenvalue weighted by Crippen LogP contribution is 2.41. The van der Waals surface area contributed by atoms with E-state index in [0.29, 0.717) is 29.8 Å². The van der Waals surface area contributed by atoms with Crippen LogP contribution in [0.3, 0.4) is 0 Å². The van der Waals surface area contributed by atoms with Gasteiger partial charge in [0.05, 0.1) is 35.4 Å². The Balaban J connectivity index is 1.57. The number of esters is 1. The maximum atomic E-state index is 13.7. The standard InChI is InChI=1S/C28H32N4O4/c1-3-28(35)13-25(33)36-16-21-22(28)12-24-26-20(15-32(24)27(21)34)19(14-31-9-5-4-6-10-31)18-11-17(29-2)7-8-23(18)30-26/h7-8,11-12,29,35H,3-6,9-10,13-16H2,1-2H3/t28-/m1/s1. The van der Waals surface area contributed by atoms with E-state index in [0.717, 1.165) is 47.5 Å². The molecule has 0 unspecified atom stereocenters. The zero-order valence-electron chi connectivity index (χ0n) is 20.9. The second-order valence-corrected chi connectivity index (χ2v) is 10.3. The largest absolute Gasteiger partial charge is 0.460 e. The molecule has 6 rings (SSSR count). The number of pyridine rings is 2. The summed E-state index contributed by atoms with van der Waals surface area (Å²) < 4.78 is 7.05. The number of carbonyl (C=O) groups is 1. The average molecular weight is 489 g/mol. The number of likely N-dealkylation sites (tertiary alicyclic amines) is 1. The summed E-state index contributed by atoms with van der Waals surface area (Å²) in [6, 6.07) is 8.07. The fraction of sp³-hybridized carbons (Fsp3) is 0.464. The Morgan fingerprint density at radius 3 is 2.69 bits per heavy atom. The molecule has 2 N–H and O–H groups in total. The van der Waals surface area contributed by atoms with Crippen LogP contribution in [0.4, 0.5) is 5.69 Å². The molecule has 1 fully saturated rings. The molecular weight excluding hydrogens is 456 g/mol. The van der Waals surface area contributed by atoms with Crippen molar-refractivity contribution in [1.29, 1.82) is 0 Å². The Kier molecular flexibility index (Phi) is 5.61. The molecule has 8 nitrogen and oxygen atoms in total. The van der Waals surface area contributed by atoms with Gasteiger partial charge in [-0.25, -0.2) is 4.98 Å². The molecule has 5 heterocycles. The van der Waals surface area contributed by atoms with Crippen molar-refractivity contribution in [3.8, 4) is 11.4 Å². The summed E-state index contributed by atoms with van der Waals surface area (Å²) in [5, 5.41) is 15.7. The van der Waals surface area contributed by atoms with Gasteiger partial charge in [0.2, 0.25) is 0 Å². The predicted octanol–water partition coefficient (Wildman–Crippen LogP) is 3.50. The Bertz CT molecular complexity index is 1440. The van der Waals surface area contributed by atoms with Crippen LogP contribution >= 0.6 is 0 Å². The van der Waals surface area contributed by atoms with Crippen LogP contribution in [-0.4, -0.2) is 45.7 Å². The molecule has 2 aromatic heterocycles. The Morgan fingerprint density at radius 1 is 1.14 bits per heavy atom. The zero-order valence-corrected chi connectivity index (χ0v) is 20.9. The molecule has 1 aromatic carbocycles. The number of cyclic esters (lactones) is 1. The van der Waals surface area contributed by atoms with Crippen LogP contribution in [-0.2, 0) is 34.8 Å². The first-order valence-corrected chi connectivity index (χ1v) is 12.9. The number of ether oxygens (including phenoxy) is 1. The number of fused-ring (bicyclic) bond motifs is 5. The van der Waals surface area contributed by atoms with E-state index < -0.39 is 11.6 Å². The molecule has 1 saturated heterocycles. The maximum Gasteiger partial charge on any atom is 0.309 e. The van der Waals surface area contributed by atoms with Crippen molar-refractivity contribution in [2.75, 3.05) is 25.5 Å². The molecule has 3 aliphatic heterocycles. The molecule has 0 radical (unpaired) electrons. The highest BCUT2D eigenvalue weighted by Gasteiger charge is 2.39. The second-order valence-electron chi connectivity index (χ2n) is 10.3. The summed E-state index contributed by atoms with van der Waals surface area (Å²) in [6.45, 7) is 5.08. The van der Waals surface area contributed by atoms with Gasteiger partial charge in [0.15, 0.2) is 0 Å². The third-order valence-corrected chi connectivity index (χ3v) is 8.18. The number of anilines is 1. The van der Waals surface area contributed by atoms with Gasteiger partial charge in [-0.3, -0.25) is 14.5 Å². The molecule has 0 bridgehead atoms. The van der Waals surface area contributed by atoms with E-state index in [1.54, 1.807) is 4.57 Å². The molecular formula is C28H32N4O4. The van der Waals surface area contributed by atoms with E-state index in [2.05, 4.69) is 16.3 Å². The van der Waals surface area contributed by atoms with Crippen LogP contribution in [0.15, 0.2) is 29.1 Å². The van der Waals surface area contributed by atoms with Gasteiger partial charge in [-0.05, 0) is 67.7 Å². The normalized spacial score (nSPS) is 21.5. The summed E-state index contributed by atoms with van der Waals surface area (Å²) >= 11 is 0. The molecule has 3 aliphatic rings. The Hall–Kier alpha value is -3.23. The van der Waals surface area contributed by atoms with Crippen LogP contribution in [0, 0.1) is 0 Å². The van der Waals surface area contributed by atoms with Crippen LogP contribution < -0.4 is 10.9 Å².